The van der Waals surface area contributed by atoms with Crippen LogP contribution in [-0.4, -0.2) is 12.0 Å². The van der Waals surface area contributed by atoms with E-state index in [0.29, 0.717) is 11.4 Å². The average molecular weight is 335 g/mol. The summed E-state index contributed by atoms with van der Waals surface area (Å²) >= 11 is 3.32. The second-order valence-electron chi connectivity index (χ2n) is 4.30. The molecule has 1 atom stereocenters. The van der Waals surface area contributed by atoms with Crippen LogP contribution in [0.3, 0.4) is 0 Å². The number of nitrogen functional groups attached to an aromatic ring is 1. The molecule has 0 aliphatic heterocycles. The van der Waals surface area contributed by atoms with E-state index in [9.17, 15) is 4.79 Å². The standard InChI is InChI=1S/C15H15BrN2O2/c1-10(15(19)18-12-5-3-2-4-6-12)20-14-8-7-11(16)9-13(14)17/h2-10H,17H2,1H3,(H,18,19). The Bertz CT molecular complexity index is 602. The highest BCUT2D eigenvalue weighted by atomic mass is 79.9. The number of rotatable bonds is 4. The zero-order valence-corrected chi connectivity index (χ0v) is 12.6. The van der Waals surface area contributed by atoms with E-state index in [0.717, 1.165) is 10.2 Å². The van der Waals surface area contributed by atoms with Gasteiger partial charge in [-0.2, -0.15) is 0 Å². The molecule has 2 rings (SSSR count). The number of para-hydroxylation sites is 1. The molecule has 0 aliphatic carbocycles. The first-order chi connectivity index (χ1) is 9.56. The summed E-state index contributed by atoms with van der Waals surface area (Å²) in [6.07, 6.45) is -0.640. The summed E-state index contributed by atoms with van der Waals surface area (Å²) in [7, 11) is 0. The number of nitrogens with one attached hydrogen (secondary N) is 1. The first-order valence-corrected chi connectivity index (χ1v) is 6.93. The molecule has 0 radical (unpaired) electrons. The molecular weight excluding hydrogens is 320 g/mol. The van der Waals surface area contributed by atoms with Crippen molar-refractivity contribution in [2.75, 3.05) is 11.1 Å². The molecule has 0 aromatic heterocycles. The Morgan fingerprint density at radius 2 is 1.95 bits per heavy atom. The highest BCUT2D eigenvalue weighted by Gasteiger charge is 2.16. The van der Waals surface area contributed by atoms with Crippen LogP contribution < -0.4 is 15.8 Å². The molecule has 0 fully saturated rings. The van der Waals surface area contributed by atoms with Crippen LogP contribution in [0.25, 0.3) is 0 Å². The first kappa shape index (κ1) is 14.4. The van der Waals surface area contributed by atoms with E-state index < -0.39 is 6.10 Å². The van der Waals surface area contributed by atoms with Crippen LogP contribution in [0.15, 0.2) is 53.0 Å². The number of hydrogen-bond donors (Lipinski definition) is 2. The lowest BCUT2D eigenvalue weighted by Gasteiger charge is -2.16. The van der Waals surface area contributed by atoms with E-state index in [2.05, 4.69) is 21.2 Å². The second-order valence-corrected chi connectivity index (χ2v) is 5.21. The molecule has 0 spiro atoms. The summed E-state index contributed by atoms with van der Waals surface area (Å²) < 4.78 is 6.44. The Kier molecular flexibility index (Phi) is 4.63. The Balaban J connectivity index is 2.00. The van der Waals surface area contributed by atoms with E-state index in [4.69, 9.17) is 10.5 Å². The van der Waals surface area contributed by atoms with Gasteiger partial charge in [-0.25, -0.2) is 0 Å². The molecule has 20 heavy (non-hydrogen) atoms. The van der Waals surface area contributed by atoms with Crippen LogP contribution in [0.4, 0.5) is 11.4 Å². The van der Waals surface area contributed by atoms with Crippen molar-refractivity contribution >= 4 is 33.2 Å². The Labute approximate surface area is 126 Å². The Morgan fingerprint density at radius 1 is 1.25 bits per heavy atom. The van der Waals surface area contributed by atoms with Crippen LogP contribution in [0.5, 0.6) is 5.75 Å². The van der Waals surface area contributed by atoms with Gasteiger partial charge < -0.3 is 15.8 Å². The fraction of sp³-hybridized carbons (Fsp3) is 0.133. The number of benzene rings is 2. The third-order valence-corrected chi connectivity index (χ3v) is 3.18. The van der Waals surface area contributed by atoms with Crippen molar-refractivity contribution in [3.63, 3.8) is 0 Å². The van der Waals surface area contributed by atoms with Crippen molar-refractivity contribution in [1.82, 2.24) is 0 Å². The van der Waals surface area contributed by atoms with Crippen molar-refractivity contribution in [3.05, 3.63) is 53.0 Å². The number of carbonyl (C=O) groups is 1. The van der Waals surface area contributed by atoms with Crippen molar-refractivity contribution in [1.29, 1.82) is 0 Å². The van der Waals surface area contributed by atoms with Crippen molar-refractivity contribution in [3.8, 4) is 5.75 Å². The van der Waals surface area contributed by atoms with Crippen LogP contribution >= 0.6 is 15.9 Å². The summed E-state index contributed by atoms with van der Waals surface area (Å²) in [6, 6.07) is 14.5. The minimum atomic E-state index is -0.640. The fourth-order valence-electron chi connectivity index (χ4n) is 1.64. The molecule has 104 valence electrons. The summed E-state index contributed by atoms with van der Waals surface area (Å²) in [5, 5.41) is 2.78. The number of ether oxygens (including phenoxy) is 1. The van der Waals surface area contributed by atoms with Gasteiger partial charge in [0.05, 0.1) is 5.69 Å². The van der Waals surface area contributed by atoms with Gasteiger partial charge in [0.1, 0.15) is 5.75 Å². The van der Waals surface area contributed by atoms with Gasteiger partial charge in [0.2, 0.25) is 0 Å². The van der Waals surface area contributed by atoms with Crippen LogP contribution in [0.2, 0.25) is 0 Å². The molecule has 0 aliphatic rings. The molecule has 4 nitrogen and oxygen atoms in total. The number of amides is 1. The number of anilines is 2. The van der Waals surface area contributed by atoms with Crippen molar-refractivity contribution in [2.24, 2.45) is 0 Å². The van der Waals surface area contributed by atoms with Gasteiger partial charge in [-0.05, 0) is 37.3 Å². The quantitative estimate of drug-likeness (QED) is 0.842. The average Bonchev–Trinajstić information content (AvgIpc) is 2.43. The highest BCUT2D eigenvalue weighted by Crippen LogP contribution is 2.26. The normalized spacial score (nSPS) is 11.7. The third kappa shape index (κ3) is 3.74. The van der Waals surface area contributed by atoms with E-state index in [1.807, 2.05) is 36.4 Å². The lowest BCUT2D eigenvalue weighted by atomic mass is 10.2. The summed E-state index contributed by atoms with van der Waals surface area (Å²) in [5.41, 5.74) is 7.05. The van der Waals surface area contributed by atoms with E-state index in [-0.39, 0.29) is 5.91 Å². The minimum absolute atomic E-state index is 0.224. The molecule has 2 aromatic carbocycles. The molecule has 0 saturated carbocycles. The topological polar surface area (TPSA) is 64.3 Å². The minimum Gasteiger partial charge on any atom is -0.479 e. The number of nitrogens with two attached hydrogens (primary N) is 1. The zero-order chi connectivity index (χ0) is 14.5. The Hall–Kier alpha value is -2.01. The summed E-state index contributed by atoms with van der Waals surface area (Å²) in [6.45, 7) is 1.68. The van der Waals surface area contributed by atoms with Gasteiger partial charge >= 0.3 is 0 Å². The van der Waals surface area contributed by atoms with Gasteiger partial charge in [-0.3, -0.25) is 4.79 Å². The highest BCUT2D eigenvalue weighted by molar-refractivity contribution is 9.10. The summed E-state index contributed by atoms with van der Waals surface area (Å²) in [4.78, 5) is 12.0. The van der Waals surface area contributed by atoms with Crippen LogP contribution in [0.1, 0.15) is 6.92 Å². The lowest BCUT2D eigenvalue weighted by Crippen LogP contribution is -2.30. The van der Waals surface area contributed by atoms with Crippen LogP contribution in [0, 0.1) is 0 Å². The Morgan fingerprint density at radius 3 is 2.60 bits per heavy atom. The molecule has 2 aromatic rings. The maximum absolute atomic E-state index is 12.0. The maximum Gasteiger partial charge on any atom is 0.265 e. The SMILES string of the molecule is CC(Oc1ccc(Br)cc1N)C(=O)Nc1ccccc1. The number of halogens is 1. The fourth-order valence-corrected chi connectivity index (χ4v) is 2.01. The predicted octanol–water partition coefficient (Wildman–Crippen LogP) is 3.44. The van der Waals surface area contributed by atoms with E-state index in [1.54, 1.807) is 19.1 Å². The molecular formula is C15H15BrN2O2. The predicted molar refractivity (Wildman–Crippen MR) is 83.7 cm³/mol. The summed E-state index contributed by atoms with van der Waals surface area (Å²) in [5.74, 6) is 0.266. The zero-order valence-electron chi connectivity index (χ0n) is 11.0. The van der Waals surface area contributed by atoms with E-state index >= 15 is 0 Å². The molecule has 1 amide bonds. The molecule has 0 heterocycles. The largest absolute Gasteiger partial charge is 0.479 e. The van der Waals surface area contributed by atoms with Gasteiger partial charge in [0.25, 0.3) is 5.91 Å². The van der Waals surface area contributed by atoms with E-state index in [1.165, 1.54) is 0 Å². The van der Waals surface area contributed by atoms with Gasteiger partial charge in [-0.15, -0.1) is 0 Å². The second kappa shape index (κ2) is 6.43. The molecule has 5 heteroatoms. The third-order valence-electron chi connectivity index (χ3n) is 2.69. The molecule has 0 bridgehead atoms. The molecule has 3 N–H and O–H groups in total. The van der Waals surface area contributed by atoms with Gasteiger partial charge in [0.15, 0.2) is 6.10 Å². The smallest absolute Gasteiger partial charge is 0.265 e. The van der Waals surface area contributed by atoms with Crippen LogP contribution in [-0.2, 0) is 4.79 Å². The van der Waals surface area contributed by atoms with Gasteiger partial charge in [0, 0.05) is 10.2 Å². The van der Waals surface area contributed by atoms with Gasteiger partial charge in [-0.1, -0.05) is 34.1 Å². The van der Waals surface area contributed by atoms with Crippen molar-refractivity contribution in [2.45, 2.75) is 13.0 Å². The number of hydrogen-bond acceptors (Lipinski definition) is 3. The monoisotopic (exact) mass is 334 g/mol. The number of carbonyl (C=O) groups excluding carboxylic acids is 1. The first-order valence-electron chi connectivity index (χ1n) is 6.14. The lowest BCUT2D eigenvalue weighted by molar-refractivity contribution is -0.122. The maximum atomic E-state index is 12.0. The molecule has 1 unspecified atom stereocenters. The van der Waals surface area contributed by atoms with Crippen molar-refractivity contribution < 1.29 is 9.53 Å². The molecule has 0 saturated heterocycles.